The first-order chi connectivity index (χ1) is 10.2. The van der Waals surface area contributed by atoms with Crippen molar-refractivity contribution >= 4 is 11.6 Å². The molecule has 0 aliphatic carbocycles. The molecule has 0 unspecified atom stereocenters. The molecule has 1 N–H and O–H groups in total. The van der Waals surface area contributed by atoms with Crippen molar-refractivity contribution in [1.82, 2.24) is 0 Å². The van der Waals surface area contributed by atoms with Crippen LogP contribution in [0.3, 0.4) is 0 Å². The number of nitrogens with one attached hydrogen (secondary N) is 1. The van der Waals surface area contributed by atoms with Gasteiger partial charge in [-0.15, -0.1) is 0 Å². The molecule has 0 spiro atoms. The van der Waals surface area contributed by atoms with Gasteiger partial charge >= 0.3 is 12.4 Å². The highest BCUT2D eigenvalue weighted by Gasteiger charge is 2.69. The average Bonchev–Trinajstić information content (AvgIpc) is 2.38. The van der Waals surface area contributed by atoms with Crippen LogP contribution in [-0.2, 0) is 4.79 Å². The summed E-state index contributed by atoms with van der Waals surface area (Å²) in [7, 11) is 0. The van der Waals surface area contributed by atoms with Crippen LogP contribution >= 0.6 is 0 Å². The second kappa shape index (κ2) is 7.47. The lowest BCUT2D eigenvalue weighted by molar-refractivity contribution is -0.334. The molecule has 23 heavy (non-hydrogen) atoms. The fraction of sp³-hybridized carbons (Fsp3) is 0.357. The van der Waals surface area contributed by atoms with Gasteiger partial charge in [0.2, 0.25) is 0 Å². The van der Waals surface area contributed by atoms with Crippen LogP contribution in [0, 0.1) is 0 Å². The van der Waals surface area contributed by atoms with Crippen LogP contribution < -0.4 is 5.32 Å². The smallest absolute Gasteiger partial charge is 0.322 e. The Labute approximate surface area is 128 Å². The Morgan fingerprint density at radius 1 is 0.957 bits per heavy atom. The summed E-state index contributed by atoms with van der Waals surface area (Å²) in [5, 5.41) is 2.70. The third-order valence-electron chi connectivity index (χ3n) is 2.48. The van der Waals surface area contributed by atoms with Crippen molar-refractivity contribution in [2.45, 2.75) is 31.9 Å². The molecule has 0 aromatic heterocycles. The van der Waals surface area contributed by atoms with E-state index in [2.05, 4.69) is 11.9 Å². The van der Waals surface area contributed by atoms with E-state index in [1.165, 1.54) is 0 Å². The lowest BCUT2D eigenvalue weighted by Crippen LogP contribution is -2.50. The van der Waals surface area contributed by atoms with Gasteiger partial charge in [-0.05, 0) is 26.0 Å². The fourth-order valence-electron chi connectivity index (χ4n) is 0.920. The largest absolute Gasteiger partial charge is 0.431 e. The second-order valence-electron chi connectivity index (χ2n) is 4.60. The summed E-state index contributed by atoms with van der Waals surface area (Å²) >= 11 is 0. The molecule has 1 aromatic rings. The Hall–Kier alpha value is -2.06. The van der Waals surface area contributed by atoms with E-state index in [-0.39, 0.29) is 5.91 Å². The fourth-order valence-corrected chi connectivity index (χ4v) is 0.920. The minimum Gasteiger partial charge on any atom is -0.322 e. The molecule has 1 amide bonds. The first-order valence-corrected chi connectivity index (χ1v) is 6.04. The number of halogens is 7. The first-order valence-electron chi connectivity index (χ1n) is 6.04. The molecule has 0 heterocycles. The minimum atomic E-state index is -5.91. The van der Waals surface area contributed by atoms with Crippen molar-refractivity contribution in [3.05, 3.63) is 42.5 Å². The highest BCUT2D eigenvalue weighted by Crippen LogP contribution is 2.45. The molecule has 0 radical (unpaired) electrons. The molecule has 0 fully saturated rings. The van der Waals surface area contributed by atoms with E-state index in [4.69, 9.17) is 0 Å². The summed E-state index contributed by atoms with van der Waals surface area (Å²) in [5.41, 5.74) is -3.82. The van der Waals surface area contributed by atoms with Gasteiger partial charge in [0.1, 0.15) is 0 Å². The van der Waals surface area contributed by atoms with Crippen LogP contribution in [0.2, 0.25) is 0 Å². The van der Waals surface area contributed by atoms with E-state index in [0.717, 1.165) is 5.69 Å². The normalized spacial score (nSPS) is 12.0. The summed E-state index contributed by atoms with van der Waals surface area (Å²) in [6.45, 7) is 4.66. The molecule has 130 valence electrons. The van der Waals surface area contributed by atoms with Crippen molar-refractivity contribution in [2.24, 2.45) is 0 Å². The van der Waals surface area contributed by atoms with Crippen molar-refractivity contribution in [3.8, 4) is 0 Å². The highest BCUT2D eigenvalue weighted by molar-refractivity contribution is 6.02. The van der Waals surface area contributed by atoms with E-state index in [1.807, 2.05) is 30.3 Å². The van der Waals surface area contributed by atoms with Gasteiger partial charge in [-0.1, -0.05) is 24.8 Å². The maximum absolute atomic E-state index is 11.9. The van der Waals surface area contributed by atoms with Crippen molar-refractivity contribution in [3.63, 3.8) is 0 Å². The van der Waals surface area contributed by atoms with Gasteiger partial charge in [-0.3, -0.25) is 4.79 Å². The predicted molar refractivity (Wildman–Crippen MR) is 71.5 cm³/mol. The molecule has 0 bridgehead atoms. The van der Waals surface area contributed by atoms with Crippen molar-refractivity contribution in [1.29, 1.82) is 0 Å². The molecule has 9 heteroatoms. The maximum atomic E-state index is 11.9. The summed E-state index contributed by atoms with van der Waals surface area (Å²) in [4.78, 5) is 11.1. The predicted octanol–water partition coefficient (Wildman–Crippen LogP) is 5.04. The Bertz CT molecular complexity index is 516. The molecule has 0 saturated carbocycles. The van der Waals surface area contributed by atoms with Crippen LogP contribution in [0.5, 0.6) is 0 Å². The first kappa shape index (κ1) is 20.9. The second-order valence-corrected chi connectivity index (χ2v) is 4.60. The number of carbonyl (C=O) groups excluding carboxylic acids is 1. The standard InChI is InChI=1S/C10H11NO.C4H3F7/c1-8(2)10(12)11-9-6-4-3-5-7-9;1-2(5,3(6,7)8)4(9,10)11/h3-7H,1H2,2H3,(H,11,12);1H3. The monoisotopic (exact) mass is 345 g/mol. The lowest BCUT2D eigenvalue weighted by atomic mass is 10.1. The van der Waals surface area contributed by atoms with Gasteiger partial charge in [0, 0.05) is 11.3 Å². The van der Waals surface area contributed by atoms with Gasteiger partial charge in [-0.2, -0.15) is 26.3 Å². The number of rotatable bonds is 2. The molecule has 1 rings (SSSR count). The molecule has 0 aliphatic heterocycles. The highest BCUT2D eigenvalue weighted by atomic mass is 19.4. The van der Waals surface area contributed by atoms with Gasteiger partial charge in [0.05, 0.1) is 0 Å². The van der Waals surface area contributed by atoms with Crippen LogP contribution in [-0.4, -0.2) is 23.9 Å². The van der Waals surface area contributed by atoms with Crippen molar-refractivity contribution in [2.75, 3.05) is 5.32 Å². The number of para-hydroxylation sites is 1. The van der Waals surface area contributed by atoms with E-state index < -0.39 is 24.9 Å². The third kappa shape index (κ3) is 6.29. The number of hydrogen-bond donors (Lipinski definition) is 1. The molecule has 0 saturated heterocycles. The number of alkyl halides is 7. The Kier molecular flexibility index (Phi) is 6.80. The van der Waals surface area contributed by atoms with E-state index in [1.54, 1.807) is 6.92 Å². The lowest BCUT2D eigenvalue weighted by Gasteiger charge is -2.25. The average molecular weight is 345 g/mol. The van der Waals surface area contributed by atoms with Crippen LogP contribution in [0.4, 0.5) is 36.4 Å². The van der Waals surface area contributed by atoms with Crippen LogP contribution in [0.25, 0.3) is 0 Å². The van der Waals surface area contributed by atoms with Gasteiger partial charge in [0.25, 0.3) is 11.6 Å². The molecule has 1 aromatic carbocycles. The van der Waals surface area contributed by atoms with E-state index in [0.29, 0.717) is 5.57 Å². The molecular formula is C14H14F7NO. The van der Waals surface area contributed by atoms with Gasteiger partial charge < -0.3 is 5.32 Å². The minimum absolute atomic E-state index is 0.138. The SMILES string of the molecule is C=C(C)C(=O)Nc1ccccc1.CC(F)(C(F)(F)F)C(F)(F)F. The van der Waals surface area contributed by atoms with E-state index >= 15 is 0 Å². The number of anilines is 1. The summed E-state index contributed by atoms with van der Waals surface area (Å²) < 4.78 is 79.3. The molecular weight excluding hydrogens is 331 g/mol. The topological polar surface area (TPSA) is 29.1 Å². The Morgan fingerprint density at radius 2 is 1.35 bits per heavy atom. The van der Waals surface area contributed by atoms with Crippen LogP contribution in [0.1, 0.15) is 13.8 Å². The third-order valence-corrected chi connectivity index (χ3v) is 2.48. The Morgan fingerprint density at radius 3 is 1.61 bits per heavy atom. The molecule has 2 nitrogen and oxygen atoms in total. The summed E-state index contributed by atoms with van der Waals surface area (Å²) in [5.74, 6) is -0.138. The number of carbonyl (C=O) groups is 1. The number of benzene rings is 1. The van der Waals surface area contributed by atoms with Gasteiger partial charge in [0.15, 0.2) is 0 Å². The maximum Gasteiger partial charge on any atom is 0.431 e. The zero-order valence-electron chi connectivity index (χ0n) is 12.1. The Balaban J connectivity index is 0.000000423. The molecule has 0 aliphatic rings. The number of amides is 1. The van der Waals surface area contributed by atoms with Gasteiger partial charge in [-0.25, -0.2) is 4.39 Å². The number of hydrogen-bond acceptors (Lipinski definition) is 1. The molecule has 0 atom stereocenters. The summed E-state index contributed by atoms with van der Waals surface area (Å²) in [6.07, 6.45) is -11.8. The summed E-state index contributed by atoms with van der Waals surface area (Å²) in [6, 6.07) is 9.31. The van der Waals surface area contributed by atoms with Crippen molar-refractivity contribution < 1.29 is 35.5 Å². The van der Waals surface area contributed by atoms with Crippen LogP contribution in [0.15, 0.2) is 42.5 Å². The zero-order valence-corrected chi connectivity index (χ0v) is 12.1. The van der Waals surface area contributed by atoms with E-state index in [9.17, 15) is 35.5 Å². The quantitative estimate of drug-likeness (QED) is 0.590. The zero-order chi connectivity index (χ0) is 18.5.